The number of rotatable bonds is 6. The van der Waals surface area contributed by atoms with Gasteiger partial charge in [0.25, 0.3) is 5.91 Å². The predicted octanol–water partition coefficient (Wildman–Crippen LogP) is 5.46. The van der Waals surface area contributed by atoms with Crippen molar-refractivity contribution in [1.82, 2.24) is 15.0 Å². The van der Waals surface area contributed by atoms with Crippen LogP contribution in [-0.2, 0) is 6.42 Å². The Kier molecular flexibility index (Phi) is 5.57. The van der Waals surface area contributed by atoms with Crippen LogP contribution in [0.1, 0.15) is 41.3 Å². The van der Waals surface area contributed by atoms with Gasteiger partial charge in [-0.3, -0.25) is 4.79 Å². The second-order valence-electron chi connectivity index (χ2n) is 7.35. The van der Waals surface area contributed by atoms with Crippen molar-refractivity contribution in [2.75, 3.05) is 5.32 Å². The number of aromatic nitrogens is 3. The summed E-state index contributed by atoms with van der Waals surface area (Å²) in [6, 6.07) is 17.8. The number of nitrogens with zero attached hydrogens (tertiary/aromatic N) is 3. The van der Waals surface area contributed by atoms with Crippen LogP contribution in [0.5, 0.6) is 0 Å². The third-order valence-corrected chi connectivity index (χ3v) is 5.08. The smallest absolute Gasteiger partial charge is 0.258 e. The molecule has 0 aliphatic rings. The Hall–Kier alpha value is -3.54. The second-order valence-corrected chi connectivity index (χ2v) is 7.35. The molecule has 30 heavy (non-hydrogen) atoms. The summed E-state index contributed by atoms with van der Waals surface area (Å²) in [7, 11) is 0. The van der Waals surface area contributed by atoms with E-state index >= 15 is 0 Å². The van der Waals surface area contributed by atoms with Crippen LogP contribution in [-0.4, -0.2) is 20.9 Å². The third-order valence-electron chi connectivity index (χ3n) is 5.08. The average molecular weight is 402 g/mol. The van der Waals surface area contributed by atoms with Gasteiger partial charge < -0.3 is 5.32 Å². The summed E-state index contributed by atoms with van der Waals surface area (Å²) in [6.07, 6.45) is 3.41. The van der Waals surface area contributed by atoms with E-state index in [0.29, 0.717) is 11.2 Å². The largest absolute Gasteiger partial charge is 0.322 e. The van der Waals surface area contributed by atoms with Crippen molar-refractivity contribution in [2.24, 2.45) is 0 Å². The summed E-state index contributed by atoms with van der Waals surface area (Å²) in [4.78, 5) is 14.1. The Balaban J connectivity index is 1.60. The first-order valence-electron chi connectivity index (χ1n) is 10.1. The highest BCUT2D eigenvalue weighted by Crippen LogP contribution is 2.23. The molecule has 0 saturated carbocycles. The van der Waals surface area contributed by atoms with E-state index in [-0.39, 0.29) is 5.56 Å². The van der Waals surface area contributed by atoms with Gasteiger partial charge >= 0.3 is 0 Å². The van der Waals surface area contributed by atoms with Crippen LogP contribution in [0.15, 0.2) is 60.7 Å². The van der Waals surface area contributed by atoms with E-state index in [2.05, 4.69) is 34.6 Å². The molecule has 0 unspecified atom stereocenters. The number of hydrogen-bond donors (Lipinski definition) is 1. The normalized spacial score (nSPS) is 11.0. The van der Waals surface area contributed by atoms with Crippen molar-refractivity contribution in [3.8, 4) is 5.69 Å². The molecule has 1 N–H and O–H groups in total. The summed E-state index contributed by atoms with van der Waals surface area (Å²) in [5, 5.41) is 11.9. The SMILES string of the molecule is CCCCc1ccc(-n2nc3cc(C)c(NC(=O)c4ccccc4F)cc3n2)cc1. The van der Waals surface area contributed by atoms with Crippen LogP contribution >= 0.6 is 0 Å². The molecule has 4 aromatic rings. The molecule has 0 spiro atoms. The lowest BCUT2D eigenvalue weighted by molar-refractivity contribution is 0.102. The maximum absolute atomic E-state index is 13.9. The number of benzene rings is 3. The van der Waals surface area contributed by atoms with Crippen LogP contribution in [0.25, 0.3) is 16.7 Å². The first kappa shape index (κ1) is 19.8. The molecule has 0 aliphatic heterocycles. The molecule has 0 aliphatic carbocycles. The van der Waals surface area contributed by atoms with Gasteiger partial charge in [0.05, 0.1) is 11.3 Å². The Morgan fingerprint density at radius 2 is 1.73 bits per heavy atom. The minimum absolute atomic E-state index is 0.00353. The number of nitrogens with one attached hydrogen (secondary N) is 1. The zero-order valence-corrected chi connectivity index (χ0v) is 17.0. The number of hydrogen-bond acceptors (Lipinski definition) is 3. The van der Waals surface area contributed by atoms with E-state index in [1.54, 1.807) is 23.0 Å². The van der Waals surface area contributed by atoms with E-state index in [1.807, 2.05) is 25.1 Å². The molecular formula is C24H23FN4O. The molecule has 0 saturated heterocycles. The fraction of sp³-hybridized carbons (Fsp3) is 0.208. The van der Waals surface area contributed by atoms with Gasteiger partial charge in [-0.25, -0.2) is 4.39 Å². The molecule has 1 amide bonds. The van der Waals surface area contributed by atoms with Crippen molar-refractivity contribution >= 4 is 22.6 Å². The average Bonchev–Trinajstić information content (AvgIpc) is 3.15. The molecule has 6 heteroatoms. The maximum atomic E-state index is 13.9. The van der Waals surface area contributed by atoms with Gasteiger partial charge in [0, 0.05) is 5.69 Å². The zero-order valence-electron chi connectivity index (χ0n) is 17.0. The zero-order chi connectivity index (χ0) is 21.1. The highest BCUT2D eigenvalue weighted by molar-refractivity contribution is 6.05. The monoisotopic (exact) mass is 402 g/mol. The lowest BCUT2D eigenvalue weighted by atomic mass is 10.1. The first-order chi connectivity index (χ1) is 14.5. The molecule has 4 rings (SSSR count). The fourth-order valence-electron chi connectivity index (χ4n) is 3.33. The standard InChI is InChI=1S/C24H23FN4O/c1-3-4-7-17-10-12-18(13-11-17)29-27-22-14-16(2)21(15-23(22)28-29)26-24(30)19-8-5-6-9-20(19)25/h5-6,8-15H,3-4,7H2,1-2H3,(H,26,30). The third kappa shape index (κ3) is 4.08. The fourth-order valence-corrected chi connectivity index (χ4v) is 3.33. The van der Waals surface area contributed by atoms with Crippen LogP contribution < -0.4 is 5.32 Å². The molecule has 0 fully saturated rings. The minimum atomic E-state index is -0.554. The molecule has 1 heterocycles. The Labute approximate surface area is 174 Å². The molecule has 152 valence electrons. The minimum Gasteiger partial charge on any atom is -0.322 e. The van der Waals surface area contributed by atoms with Gasteiger partial charge in [-0.2, -0.15) is 4.80 Å². The van der Waals surface area contributed by atoms with Crippen LogP contribution in [0, 0.1) is 12.7 Å². The predicted molar refractivity (Wildman–Crippen MR) is 117 cm³/mol. The van der Waals surface area contributed by atoms with E-state index in [0.717, 1.165) is 23.2 Å². The quantitative estimate of drug-likeness (QED) is 0.466. The highest BCUT2D eigenvalue weighted by atomic mass is 19.1. The van der Waals surface area contributed by atoms with Gasteiger partial charge in [0.1, 0.15) is 16.9 Å². The van der Waals surface area contributed by atoms with Gasteiger partial charge in [-0.15, -0.1) is 10.2 Å². The van der Waals surface area contributed by atoms with Crippen LogP contribution in [0.3, 0.4) is 0 Å². The summed E-state index contributed by atoms with van der Waals surface area (Å²) >= 11 is 0. The summed E-state index contributed by atoms with van der Waals surface area (Å²) in [6.45, 7) is 4.06. The second kappa shape index (κ2) is 8.45. The molecule has 5 nitrogen and oxygen atoms in total. The molecule has 0 radical (unpaired) electrons. The maximum Gasteiger partial charge on any atom is 0.258 e. The van der Waals surface area contributed by atoms with Crippen molar-refractivity contribution in [1.29, 1.82) is 0 Å². The number of unbranched alkanes of at least 4 members (excludes halogenated alkanes) is 1. The first-order valence-corrected chi connectivity index (χ1v) is 10.1. The van der Waals surface area contributed by atoms with Crippen LogP contribution in [0.4, 0.5) is 10.1 Å². The number of amides is 1. The lowest BCUT2D eigenvalue weighted by Crippen LogP contribution is -2.14. The van der Waals surface area contributed by atoms with Gasteiger partial charge in [-0.1, -0.05) is 37.6 Å². The van der Waals surface area contributed by atoms with Gasteiger partial charge in [0.2, 0.25) is 0 Å². The lowest BCUT2D eigenvalue weighted by Gasteiger charge is -2.08. The summed E-state index contributed by atoms with van der Waals surface area (Å²) in [5.74, 6) is -1.05. The van der Waals surface area contributed by atoms with Crippen molar-refractivity contribution in [2.45, 2.75) is 33.1 Å². The number of carbonyl (C=O) groups excluding carboxylic acids is 1. The molecular weight excluding hydrogens is 379 g/mol. The molecule has 0 bridgehead atoms. The topological polar surface area (TPSA) is 59.8 Å². The van der Waals surface area contributed by atoms with Crippen molar-refractivity contribution in [3.05, 3.63) is 83.2 Å². The van der Waals surface area contributed by atoms with Crippen molar-refractivity contribution in [3.63, 3.8) is 0 Å². The number of anilines is 1. The van der Waals surface area contributed by atoms with E-state index in [9.17, 15) is 9.18 Å². The summed E-state index contributed by atoms with van der Waals surface area (Å²) < 4.78 is 13.9. The number of fused-ring (bicyclic) bond motifs is 1. The van der Waals surface area contributed by atoms with Crippen LogP contribution in [0.2, 0.25) is 0 Å². The highest BCUT2D eigenvalue weighted by Gasteiger charge is 2.14. The van der Waals surface area contributed by atoms with Gasteiger partial charge in [-0.05, 0) is 67.3 Å². The van der Waals surface area contributed by atoms with E-state index in [4.69, 9.17) is 0 Å². The van der Waals surface area contributed by atoms with Gasteiger partial charge in [0.15, 0.2) is 0 Å². The number of carbonyl (C=O) groups is 1. The van der Waals surface area contributed by atoms with E-state index < -0.39 is 11.7 Å². The van der Waals surface area contributed by atoms with Crippen molar-refractivity contribution < 1.29 is 9.18 Å². The molecule has 0 atom stereocenters. The van der Waals surface area contributed by atoms with E-state index in [1.165, 1.54) is 30.5 Å². The number of aryl methyl sites for hydroxylation is 2. The molecule has 1 aromatic heterocycles. The summed E-state index contributed by atoms with van der Waals surface area (Å²) in [5.41, 5.74) is 4.97. The Bertz CT molecular complexity index is 1200. The molecule has 3 aromatic carbocycles. The Morgan fingerprint density at radius 1 is 1.03 bits per heavy atom. The number of halogens is 1. The Morgan fingerprint density at radius 3 is 2.43 bits per heavy atom.